The van der Waals surface area contributed by atoms with Crippen molar-refractivity contribution < 1.29 is 25.2 Å². The van der Waals surface area contributed by atoms with E-state index in [9.17, 15) is 25.2 Å². The summed E-state index contributed by atoms with van der Waals surface area (Å²) in [5.41, 5.74) is -0.898. The van der Waals surface area contributed by atoms with Gasteiger partial charge in [-0.25, -0.2) is 0 Å². The molecule has 0 aromatic rings. The Hall–Kier alpha value is -0.750. The number of ketones is 1. The van der Waals surface area contributed by atoms with Crippen LogP contribution in [-0.4, -0.2) is 50.6 Å². The van der Waals surface area contributed by atoms with Gasteiger partial charge in [-0.15, -0.1) is 0 Å². The number of hydrogen-bond acceptors (Lipinski definition) is 5. The summed E-state index contributed by atoms with van der Waals surface area (Å²) in [4.78, 5) is 11.9. The first-order valence-corrected chi connectivity index (χ1v) is 10.1. The minimum atomic E-state index is -1.35. The number of aliphatic hydroxyl groups excluding tert-OH is 3. The van der Waals surface area contributed by atoms with E-state index in [4.69, 9.17) is 0 Å². The Morgan fingerprint density at radius 3 is 2.65 bits per heavy atom. The Bertz CT molecular complexity index is 644. The molecular weight excluding hydrogens is 332 g/mol. The molecule has 5 heteroatoms. The maximum absolute atomic E-state index is 11.9. The van der Waals surface area contributed by atoms with E-state index in [1.807, 2.05) is 13.0 Å². The molecule has 0 amide bonds. The molecule has 0 heterocycles. The van der Waals surface area contributed by atoms with Crippen molar-refractivity contribution in [1.29, 1.82) is 0 Å². The number of fused-ring (bicyclic) bond motifs is 5. The van der Waals surface area contributed by atoms with Gasteiger partial charge in [-0.2, -0.15) is 0 Å². The predicted octanol–water partition coefficient (Wildman–Crippen LogP) is 1.57. The Balaban J connectivity index is 1.72. The molecule has 0 unspecified atom stereocenters. The largest absolute Gasteiger partial charge is 0.394 e. The molecule has 4 N–H and O–H groups in total. The Kier molecular flexibility index (Phi) is 4.20. The highest BCUT2D eigenvalue weighted by Crippen LogP contribution is 2.67. The van der Waals surface area contributed by atoms with Gasteiger partial charge in [0.25, 0.3) is 0 Å². The number of carbonyl (C=O) groups is 1. The molecule has 0 aromatic heterocycles. The average Bonchev–Trinajstić information content (AvgIpc) is 2.86. The zero-order valence-corrected chi connectivity index (χ0v) is 15.8. The van der Waals surface area contributed by atoms with Crippen LogP contribution in [0.1, 0.15) is 58.8 Å². The van der Waals surface area contributed by atoms with Gasteiger partial charge in [0.1, 0.15) is 6.10 Å². The number of carbonyl (C=O) groups excluding carboxylic acids is 1. The van der Waals surface area contributed by atoms with Crippen LogP contribution in [0, 0.1) is 28.6 Å². The first-order valence-electron chi connectivity index (χ1n) is 10.1. The van der Waals surface area contributed by atoms with Crippen molar-refractivity contribution in [1.82, 2.24) is 0 Å². The fourth-order valence-electron chi connectivity index (χ4n) is 7.42. The molecule has 3 saturated carbocycles. The van der Waals surface area contributed by atoms with Crippen molar-refractivity contribution in [3.63, 3.8) is 0 Å². The molecular formula is C21H32O5. The van der Waals surface area contributed by atoms with Gasteiger partial charge >= 0.3 is 0 Å². The van der Waals surface area contributed by atoms with Gasteiger partial charge in [0, 0.05) is 11.8 Å². The van der Waals surface area contributed by atoms with Crippen LogP contribution in [0.5, 0.6) is 0 Å². The van der Waals surface area contributed by atoms with Crippen molar-refractivity contribution in [2.75, 3.05) is 6.61 Å². The lowest BCUT2D eigenvalue weighted by atomic mass is 9.45. The molecule has 0 spiro atoms. The van der Waals surface area contributed by atoms with Crippen molar-refractivity contribution >= 4 is 5.78 Å². The lowest BCUT2D eigenvalue weighted by Gasteiger charge is -2.61. The van der Waals surface area contributed by atoms with E-state index in [2.05, 4.69) is 6.92 Å². The molecule has 0 saturated heterocycles. The third-order valence-corrected chi connectivity index (χ3v) is 8.84. The van der Waals surface area contributed by atoms with Gasteiger partial charge in [-0.3, -0.25) is 4.79 Å². The lowest BCUT2D eigenvalue weighted by molar-refractivity contribution is -0.207. The summed E-state index contributed by atoms with van der Waals surface area (Å²) in [7, 11) is 0. The van der Waals surface area contributed by atoms with Gasteiger partial charge < -0.3 is 20.4 Å². The minimum absolute atomic E-state index is 0.0993. The Labute approximate surface area is 155 Å². The van der Waals surface area contributed by atoms with E-state index in [0.717, 1.165) is 25.7 Å². The first-order chi connectivity index (χ1) is 12.2. The maximum Gasteiger partial charge on any atom is 0.155 e. The molecule has 26 heavy (non-hydrogen) atoms. The highest BCUT2D eigenvalue weighted by molar-refractivity contribution is 5.91. The number of rotatable bonds is 2. The monoisotopic (exact) mass is 364 g/mol. The molecule has 0 radical (unpaired) electrons. The van der Waals surface area contributed by atoms with Crippen molar-refractivity contribution in [3.8, 4) is 0 Å². The average molecular weight is 364 g/mol. The van der Waals surface area contributed by atoms with Crippen LogP contribution in [0.4, 0.5) is 0 Å². The Morgan fingerprint density at radius 2 is 1.96 bits per heavy atom. The fraction of sp³-hybridized carbons (Fsp3) is 0.857. The second kappa shape index (κ2) is 5.87. The van der Waals surface area contributed by atoms with Crippen LogP contribution in [0.3, 0.4) is 0 Å². The molecule has 4 rings (SSSR count). The molecule has 4 aliphatic rings. The normalized spacial score (nSPS) is 51.9. The minimum Gasteiger partial charge on any atom is -0.394 e. The van der Waals surface area contributed by atoms with E-state index in [-0.39, 0.29) is 29.0 Å². The maximum atomic E-state index is 11.9. The van der Waals surface area contributed by atoms with Gasteiger partial charge in [-0.05, 0) is 67.8 Å². The van der Waals surface area contributed by atoms with Crippen molar-refractivity contribution in [2.24, 2.45) is 28.6 Å². The molecule has 0 aromatic carbocycles. The first kappa shape index (κ1) is 18.6. The smallest absolute Gasteiger partial charge is 0.155 e. The molecule has 146 valence electrons. The summed E-state index contributed by atoms with van der Waals surface area (Å²) >= 11 is 0. The second-order valence-corrected chi connectivity index (χ2v) is 9.74. The highest BCUT2D eigenvalue weighted by atomic mass is 16.4. The molecule has 4 aliphatic carbocycles. The van der Waals surface area contributed by atoms with E-state index < -0.39 is 29.8 Å². The van der Waals surface area contributed by atoms with E-state index in [1.54, 1.807) is 0 Å². The van der Waals surface area contributed by atoms with Crippen LogP contribution in [0.15, 0.2) is 11.6 Å². The zero-order chi connectivity index (χ0) is 18.9. The summed E-state index contributed by atoms with van der Waals surface area (Å²) in [5, 5.41) is 42.3. The van der Waals surface area contributed by atoms with Crippen LogP contribution in [-0.2, 0) is 4.79 Å². The second-order valence-electron chi connectivity index (χ2n) is 9.74. The summed E-state index contributed by atoms with van der Waals surface area (Å²) in [6.45, 7) is 3.73. The highest BCUT2D eigenvalue weighted by Gasteiger charge is 2.67. The van der Waals surface area contributed by atoms with E-state index >= 15 is 0 Å². The zero-order valence-electron chi connectivity index (χ0n) is 15.8. The summed E-state index contributed by atoms with van der Waals surface area (Å²) in [5.74, 6) is 0.798. The lowest BCUT2D eigenvalue weighted by Crippen LogP contribution is -2.63. The van der Waals surface area contributed by atoms with Gasteiger partial charge in [0.15, 0.2) is 5.78 Å². The predicted molar refractivity (Wildman–Crippen MR) is 96.1 cm³/mol. The SMILES string of the molecule is C[C@]12CCC(=O)C=C1CC[C@@H]1[C@@H]2[C@H](O)C[C@@]2(C)[C@H]1CC[C@]2(O)[C@H](O)CO. The van der Waals surface area contributed by atoms with Crippen LogP contribution in [0.2, 0.25) is 0 Å². The van der Waals surface area contributed by atoms with Crippen molar-refractivity contribution in [3.05, 3.63) is 11.6 Å². The standard InChI is InChI=1S/C21H32O5/c1-19-7-5-13(23)9-12(19)3-4-14-15-6-8-21(26,17(25)11-22)20(15,2)10-16(24)18(14)19/h9,14-18,22,24-26H,3-8,10-11H2,1-2H3/t14-,15-,16+,17+,18+,19-,20-,21-/m0/s1. The molecule has 0 aliphatic heterocycles. The van der Waals surface area contributed by atoms with Crippen molar-refractivity contribution in [2.45, 2.75) is 76.6 Å². The molecule has 5 nitrogen and oxygen atoms in total. The quantitative estimate of drug-likeness (QED) is 0.596. The number of allylic oxidation sites excluding steroid dienone is 1. The van der Waals surface area contributed by atoms with Crippen LogP contribution in [0.25, 0.3) is 0 Å². The topological polar surface area (TPSA) is 98.0 Å². The van der Waals surface area contributed by atoms with Crippen LogP contribution >= 0.6 is 0 Å². The fourth-order valence-corrected chi connectivity index (χ4v) is 7.42. The summed E-state index contributed by atoms with van der Waals surface area (Å²) in [6, 6.07) is 0. The molecule has 3 fully saturated rings. The van der Waals surface area contributed by atoms with E-state index in [1.165, 1.54) is 5.57 Å². The summed E-state index contributed by atoms with van der Waals surface area (Å²) < 4.78 is 0. The third kappa shape index (κ3) is 2.20. The Morgan fingerprint density at radius 1 is 1.23 bits per heavy atom. The van der Waals surface area contributed by atoms with Gasteiger partial charge in [0.2, 0.25) is 0 Å². The molecule has 8 atom stereocenters. The molecule has 0 bridgehead atoms. The third-order valence-electron chi connectivity index (χ3n) is 8.84. The number of hydrogen-bond donors (Lipinski definition) is 4. The number of aliphatic hydroxyl groups is 4. The summed E-state index contributed by atoms with van der Waals surface area (Å²) in [6.07, 6.45) is 4.92. The van der Waals surface area contributed by atoms with Gasteiger partial charge in [0.05, 0.1) is 18.3 Å². The van der Waals surface area contributed by atoms with Crippen LogP contribution < -0.4 is 0 Å². The van der Waals surface area contributed by atoms with Gasteiger partial charge in [-0.1, -0.05) is 19.4 Å². The van der Waals surface area contributed by atoms with E-state index in [0.29, 0.717) is 19.3 Å².